The van der Waals surface area contributed by atoms with Gasteiger partial charge in [-0.1, -0.05) is 11.6 Å². The molecule has 1 aromatic carbocycles. The smallest absolute Gasteiger partial charge is 0.229 e. The minimum absolute atomic E-state index is 0.352. The first-order valence-electron chi connectivity index (χ1n) is 4.15. The highest BCUT2D eigenvalue weighted by Gasteiger charge is 2.11. The molecule has 0 amide bonds. The largest absolute Gasteiger partial charge is 0.494 e. The average molecular weight is 250 g/mol. The van der Waals surface area contributed by atoms with Crippen LogP contribution in [0.4, 0.5) is 5.69 Å². The minimum Gasteiger partial charge on any atom is -0.494 e. The van der Waals surface area contributed by atoms with Crippen molar-refractivity contribution in [3.05, 3.63) is 22.7 Å². The van der Waals surface area contributed by atoms with Gasteiger partial charge in [-0.25, -0.2) is 8.42 Å². The van der Waals surface area contributed by atoms with Gasteiger partial charge in [0.25, 0.3) is 0 Å². The van der Waals surface area contributed by atoms with Crippen molar-refractivity contribution in [1.29, 1.82) is 0 Å². The highest BCUT2D eigenvalue weighted by atomic mass is 35.5. The third kappa shape index (κ3) is 3.28. The van der Waals surface area contributed by atoms with E-state index >= 15 is 0 Å². The summed E-state index contributed by atoms with van der Waals surface area (Å²) in [5, 5.41) is 0.458. The Morgan fingerprint density at radius 3 is 2.47 bits per heavy atom. The van der Waals surface area contributed by atoms with Crippen LogP contribution in [0.25, 0.3) is 0 Å². The summed E-state index contributed by atoms with van der Waals surface area (Å²) in [7, 11) is -1.86. The summed E-state index contributed by atoms with van der Waals surface area (Å²) in [5.74, 6) is 0.477. The summed E-state index contributed by atoms with van der Waals surface area (Å²) in [6.45, 7) is 1.79. The first-order chi connectivity index (χ1) is 6.83. The molecular formula is C9H12ClNO3S. The zero-order valence-corrected chi connectivity index (χ0v) is 10.2. The van der Waals surface area contributed by atoms with Gasteiger partial charge in [-0.05, 0) is 24.6 Å². The SMILES string of the molecule is COc1c(C)cc(Cl)cc1NS(C)(=O)=O. The highest BCUT2D eigenvalue weighted by molar-refractivity contribution is 7.92. The first kappa shape index (κ1) is 12.1. The summed E-state index contributed by atoms with van der Waals surface area (Å²) in [6, 6.07) is 3.21. The van der Waals surface area contributed by atoms with Crippen LogP contribution >= 0.6 is 11.6 Å². The van der Waals surface area contributed by atoms with E-state index in [1.807, 2.05) is 0 Å². The molecule has 0 spiro atoms. The zero-order chi connectivity index (χ0) is 11.6. The molecule has 0 aromatic heterocycles. The summed E-state index contributed by atoms with van der Waals surface area (Å²) >= 11 is 5.82. The van der Waals surface area contributed by atoms with Crippen molar-refractivity contribution in [3.8, 4) is 5.75 Å². The van der Waals surface area contributed by atoms with E-state index in [0.29, 0.717) is 16.5 Å². The molecular weight excluding hydrogens is 238 g/mol. The number of benzene rings is 1. The van der Waals surface area contributed by atoms with Crippen molar-refractivity contribution in [1.82, 2.24) is 0 Å². The topological polar surface area (TPSA) is 55.4 Å². The number of anilines is 1. The predicted octanol–water partition coefficient (Wildman–Crippen LogP) is 2.03. The van der Waals surface area contributed by atoms with Gasteiger partial charge in [-0.15, -0.1) is 0 Å². The van der Waals surface area contributed by atoms with E-state index in [9.17, 15) is 8.42 Å². The molecule has 0 aliphatic heterocycles. The Kier molecular flexibility index (Phi) is 3.46. The molecule has 1 aromatic rings. The summed E-state index contributed by atoms with van der Waals surface area (Å²) in [4.78, 5) is 0. The third-order valence-electron chi connectivity index (χ3n) is 1.74. The van der Waals surface area contributed by atoms with Crippen LogP contribution in [0.1, 0.15) is 5.56 Å². The van der Waals surface area contributed by atoms with Gasteiger partial charge in [-0.3, -0.25) is 4.72 Å². The van der Waals surface area contributed by atoms with Crippen LogP contribution < -0.4 is 9.46 Å². The van der Waals surface area contributed by atoms with E-state index in [0.717, 1.165) is 11.8 Å². The maximum atomic E-state index is 11.1. The van der Waals surface area contributed by atoms with Crippen molar-refractivity contribution >= 4 is 27.3 Å². The molecule has 0 aliphatic rings. The normalized spacial score (nSPS) is 11.2. The molecule has 0 bridgehead atoms. The van der Waals surface area contributed by atoms with Gasteiger partial charge in [0.1, 0.15) is 5.75 Å². The molecule has 1 N–H and O–H groups in total. The molecule has 1 rings (SSSR count). The molecule has 0 atom stereocenters. The van der Waals surface area contributed by atoms with Crippen molar-refractivity contribution in [3.63, 3.8) is 0 Å². The van der Waals surface area contributed by atoms with Gasteiger partial charge >= 0.3 is 0 Å². The van der Waals surface area contributed by atoms with Crippen molar-refractivity contribution < 1.29 is 13.2 Å². The van der Waals surface area contributed by atoms with Crippen LogP contribution in [-0.2, 0) is 10.0 Å². The number of hydrogen-bond donors (Lipinski definition) is 1. The quantitative estimate of drug-likeness (QED) is 0.892. The number of halogens is 1. The molecule has 0 heterocycles. The van der Waals surface area contributed by atoms with E-state index in [1.54, 1.807) is 13.0 Å². The Balaban J connectivity index is 3.27. The van der Waals surface area contributed by atoms with Gasteiger partial charge in [-0.2, -0.15) is 0 Å². The lowest BCUT2D eigenvalue weighted by Crippen LogP contribution is -2.10. The molecule has 0 unspecified atom stereocenters. The lowest BCUT2D eigenvalue weighted by atomic mass is 10.2. The third-order valence-corrected chi connectivity index (χ3v) is 2.55. The van der Waals surface area contributed by atoms with Crippen molar-refractivity contribution in [2.75, 3.05) is 18.1 Å². The van der Waals surface area contributed by atoms with E-state index in [-0.39, 0.29) is 0 Å². The van der Waals surface area contributed by atoms with E-state index in [2.05, 4.69) is 4.72 Å². The molecule has 0 saturated heterocycles. The summed E-state index contributed by atoms with van der Waals surface area (Å²) in [6.07, 6.45) is 1.07. The second-order valence-electron chi connectivity index (χ2n) is 3.18. The van der Waals surface area contributed by atoms with Crippen LogP contribution in [-0.4, -0.2) is 21.8 Å². The number of aryl methyl sites for hydroxylation is 1. The molecule has 0 aliphatic carbocycles. The molecule has 0 saturated carbocycles. The monoisotopic (exact) mass is 249 g/mol. The summed E-state index contributed by atoms with van der Waals surface area (Å²) < 4.78 is 29.6. The number of ether oxygens (including phenoxy) is 1. The lowest BCUT2D eigenvalue weighted by molar-refractivity contribution is 0.414. The van der Waals surface area contributed by atoms with Gasteiger partial charge < -0.3 is 4.74 Å². The molecule has 84 valence electrons. The van der Waals surface area contributed by atoms with Gasteiger partial charge in [0.15, 0.2) is 0 Å². The van der Waals surface area contributed by atoms with E-state index in [1.165, 1.54) is 13.2 Å². The fraction of sp³-hybridized carbons (Fsp3) is 0.333. The maximum Gasteiger partial charge on any atom is 0.229 e. The van der Waals surface area contributed by atoms with Crippen LogP contribution in [0, 0.1) is 6.92 Å². The fourth-order valence-corrected chi connectivity index (χ4v) is 2.10. The second kappa shape index (κ2) is 4.28. The number of hydrogen-bond acceptors (Lipinski definition) is 3. The van der Waals surface area contributed by atoms with Crippen molar-refractivity contribution in [2.45, 2.75) is 6.92 Å². The zero-order valence-electron chi connectivity index (χ0n) is 8.67. The molecule has 15 heavy (non-hydrogen) atoms. The van der Waals surface area contributed by atoms with Crippen LogP contribution in [0.2, 0.25) is 5.02 Å². The van der Waals surface area contributed by atoms with Crippen LogP contribution in [0.5, 0.6) is 5.75 Å². The van der Waals surface area contributed by atoms with Gasteiger partial charge in [0.05, 0.1) is 19.1 Å². The predicted molar refractivity (Wildman–Crippen MR) is 61.2 cm³/mol. The Morgan fingerprint density at radius 1 is 1.40 bits per heavy atom. The Morgan fingerprint density at radius 2 is 2.00 bits per heavy atom. The first-order valence-corrected chi connectivity index (χ1v) is 6.42. The summed E-state index contributed by atoms with van der Waals surface area (Å²) in [5.41, 5.74) is 1.13. The van der Waals surface area contributed by atoms with Crippen LogP contribution in [0.15, 0.2) is 12.1 Å². The molecule has 0 radical (unpaired) electrons. The lowest BCUT2D eigenvalue weighted by Gasteiger charge is -2.12. The molecule has 4 nitrogen and oxygen atoms in total. The van der Waals surface area contributed by atoms with Gasteiger partial charge in [0.2, 0.25) is 10.0 Å². The average Bonchev–Trinajstić information content (AvgIpc) is 1.99. The Labute approximate surface area is 94.3 Å². The molecule has 0 fully saturated rings. The van der Waals surface area contributed by atoms with Gasteiger partial charge in [0, 0.05) is 5.02 Å². The van der Waals surface area contributed by atoms with E-state index in [4.69, 9.17) is 16.3 Å². The highest BCUT2D eigenvalue weighted by Crippen LogP contribution is 2.32. The van der Waals surface area contributed by atoms with Crippen LogP contribution in [0.3, 0.4) is 0 Å². The number of nitrogens with one attached hydrogen (secondary N) is 1. The van der Waals surface area contributed by atoms with Crippen molar-refractivity contribution in [2.24, 2.45) is 0 Å². The Hall–Kier alpha value is -0.940. The standard InChI is InChI=1S/C9H12ClNO3S/c1-6-4-7(10)5-8(9(6)14-2)11-15(3,12)13/h4-5,11H,1-3H3. The molecule has 6 heteroatoms. The Bertz CT molecular complexity index is 470. The maximum absolute atomic E-state index is 11.1. The number of sulfonamides is 1. The second-order valence-corrected chi connectivity index (χ2v) is 5.36. The fourth-order valence-electron chi connectivity index (χ4n) is 1.28. The minimum atomic E-state index is -3.33. The number of rotatable bonds is 3. The van der Waals surface area contributed by atoms with E-state index < -0.39 is 10.0 Å². The number of methoxy groups -OCH3 is 1.